The highest BCUT2D eigenvalue weighted by atomic mass is 16.5. The van der Waals surface area contributed by atoms with Gasteiger partial charge in [-0.05, 0) is 33.6 Å². The molecular formula is C10H20O2. The Bertz CT molecular complexity index is 113. The first-order valence-corrected chi connectivity index (χ1v) is 4.43. The third-order valence-corrected chi connectivity index (χ3v) is 1.31. The molecule has 0 amide bonds. The molecule has 0 aliphatic carbocycles. The van der Waals surface area contributed by atoms with Gasteiger partial charge in [-0.1, -0.05) is 6.58 Å². The third kappa shape index (κ3) is 9.50. The van der Waals surface area contributed by atoms with Crippen molar-refractivity contribution in [3.8, 4) is 0 Å². The van der Waals surface area contributed by atoms with Gasteiger partial charge < -0.3 is 9.47 Å². The molecule has 0 unspecified atom stereocenters. The molecule has 0 saturated carbocycles. The zero-order valence-corrected chi connectivity index (χ0v) is 8.43. The normalized spacial score (nSPS) is 11.2. The monoisotopic (exact) mass is 172 g/mol. The fourth-order valence-electron chi connectivity index (χ4n) is 0.749. The Hall–Kier alpha value is -0.500. The topological polar surface area (TPSA) is 18.5 Å². The second-order valence-electron chi connectivity index (χ2n) is 3.71. The number of hydrogen-bond acceptors (Lipinski definition) is 2. The van der Waals surface area contributed by atoms with E-state index in [2.05, 4.69) is 27.4 Å². The maximum atomic E-state index is 5.53. The van der Waals surface area contributed by atoms with Crippen LogP contribution in [-0.4, -0.2) is 18.8 Å². The van der Waals surface area contributed by atoms with E-state index in [-0.39, 0.29) is 5.60 Å². The lowest BCUT2D eigenvalue weighted by Crippen LogP contribution is -2.19. The molecule has 0 heterocycles. The maximum absolute atomic E-state index is 5.53. The summed E-state index contributed by atoms with van der Waals surface area (Å²) in [5, 5.41) is 0. The molecular weight excluding hydrogens is 152 g/mol. The van der Waals surface area contributed by atoms with Crippen LogP contribution in [0.4, 0.5) is 0 Å². The van der Waals surface area contributed by atoms with E-state index in [1.807, 2.05) is 0 Å². The van der Waals surface area contributed by atoms with Crippen LogP contribution in [0.25, 0.3) is 0 Å². The fraction of sp³-hybridized carbons (Fsp3) is 0.800. The van der Waals surface area contributed by atoms with E-state index in [1.165, 1.54) is 6.26 Å². The summed E-state index contributed by atoms with van der Waals surface area (Å²) in [4.78, 5) is 0. The van der Waals surface area contributed by atoms with Gasteiger partial charge in [-0.25, -0.2) is 0 Å². The van der Waals surface area contributed by atoms with Crippen molar-refractivity contribution in [2.45, 2.75) is 39.2 Å². The first kappa shape index (κ1) is 11.5. The van der Waals surface area contributed by atoms with Gasteiger partial charge in [-0.2, -0.15) is 0 Å². The van der Waals surface area contributed by atoms with Gasteiger partial charge in [0.05, 0.1) is 18.5 Å². The van der Waals surface area contributed by atoms with Crippen LogP contribution in [0, 0.1) is 0 Å². The smallest absolute Gasteiger partial charge is 0.0873 e. The average Bonchev–Trinajstić information content (AvgIpc) is 1.94. The summed E-state index contributed by atoms with van der Waals surface area (Å²) >= 11 is 0. The maximum Gasteiger partial charge on any atom is 0.0873 e. The Morgan fingerprint density at radius 3 is 2.25 bits per heavy atom. The van der Waals surface area contributed by atoms with Crippen molar-refractivity contribution in [3.05, 3.63) is 12.8 Å². The van der Waals surface area contributed by atoms with Crippen LogP contribution in [-0.2, 0) is 9.47 Å². The van der Waals surface area contributed by atoms with E-state index in [0.717, 1.165) is 26.1 Å². The largest absolute Gasteiger partial charge is 0.502 e. The highest BCUT2D eigenvalue weighted by Crippen LogP contribution is 2.07. The average molecular weight is 172 g/mol. The number of unbranched alkanes of at least 4 members (excludes halogenated alkanes) is 1. The molecule has 0 bridgehead atoms. The quantitative estimate of drug-likeness (QED) is 0.453. The van der Waals surface area contributed by atoms with Gasteiger partial charge in [-0.15, -0.1) is 0 Å². The van der Waals surface area contributed by atoms with Gasteiger partial charge in [0.1, 0.15) is 0 Å². The second kappa shape index (κ2) is 6.06. The van der Waals surface area contributed by atoms with Crippen LogP contribution >= 0.6 is 0 Å². The standard InChI is InChI=1S/C10H20O2/c1-5-11-8-6-7-9-12-10(2,3)4/h5H,1,6-9H2,2-4H3. The van der Waals surface area contributed by atoms with E-state index in [4.69, 9.17) is 9.47 Å². The molecule has 0 fully saturated rings. The van der Waals surface area contributed by atoms with Crippen LogP contribution in [0.5, 0.6) is 0 Å². The molecule has 2 heteroatoms. The van der Waals surface area contributed by atoms with Crippen molar-refractivity contribution >= 4 is 0 Å². The van der Waals surface area contributed by atoms with Gasteiger partial charge in [0, 0.05) is 6.61 Å². The minimum Gasteiger partial charge on any atom is -0.502 e. The van der Waals surface area contributed by atoms with E-state index in [9.17, 15) is 0 Å². The summed E-state index contributed by atoms with van der Waals surface area (Å²) in [5.74, 6) is 0. The minimum atomic E-state index is -0.0146. The highest BCUT2D eigenvalue weighted by molar-refractivity contribution is 4.58. The third-order valence-electron chi connectivity index (χ3n) is 1.31. The minimum absolute atomic E-state index is 0.0146. The van der Waals surface area contributed by atoms with Crippen LogP contribution in [0.15, 0.2) is 12.8 Å². The molecule has 0 atom stereocenters. The predicted octanol–water partition coefficient (Wildman–Crippen LogP) is 2.74. The first-order valence-electron chi connectivity index (χ1n) is 4.43. The zero-order chi connectivity index (χ0) is 9.45. The molecule has 0 spiro atoms. The molecule has 0 rings (SSSR count). The van der Waals surface area contributed by atoms with Crippen molar-refractivity contribution in [2.24, 2.45) is 0 Å². The summed E-state index contributed by atoms with van der Waals surface area (Å²) in [5.41, 5.74) is -0.0146. The van der Waals surface area contributed by atoms with Crippen molar-refractivity contribution < 1.29 is 9.47 Å². The van der Waals surface area contributed by atoms with Crippen molar-refractivity contribution in [3.63, 3.8) is 0 Å². The van der Waals surface area contributed by atoms with Crippen LogP contribution in [0.1, 0.15) is 33.6 Å². The van der Waals surface area contributed by atoms with Gasteiger partial charge in [-0.3, -0.25) is 0 Å². The highest BCUT2D eigenvalue weighted by Gasteiger charge is 2.08. The summed E-state index contributed by atoms with van der Waals surface area (Å²) in [6, 6.07) is 0. The molecule has 0 aromatic heterocycles. The van der Waals surface area contributed by atoms with Crippen LogP contribution in [0.3, 0.4) is 0 Å². The molecule has 2 nitrogen and oxygen atoms in total. The van der Waals surface area contributed by atoms with Gasteiger partial charge in [0.25, 0.3) is 0 Å². The second-order valence-corrected chi connectivity index (χ2v) is 3.71. The van der Waals surface area contributed by atoms with Crippen molar-refractivity contribution in [1.29, 1.82) is 0 Å². The van der Waals surface area contributed by atoms with Crippen LogP contribution < -0.4 is 0 Å². The summed E-state index contributed by atoms with van der Waals surface area (Å²) in [6.45, 7) is 11.2. The number of rotatable bonds is 6. The van der Waals surface area contributed by atoms with Gasteiger partial charge in [0.2, 0.25) is 0 Å². The number of ether oxygens (including phenoxy) is 2. The summed E-state index contributed by atoms with van der Waals surface area (Å²) in [7, 11) is 0. The molecule has 12 heavy (non-hydrogen) atoms. The Balaban J connectivity index is 3.06. The van der Waals surface area contributed by atoms with Crippen molar-refractivity contribution in [2.75, 3.05) is 13.2 Å². The lowest BCUT2D eigenvalue weighted by molar-refractivity contribution is -0.00597. The molecule has 72 valence electrons. The predicted molar refractivity (Wildman–Crippen MR) is 51.1 cm³/mol. The molecule has 0 aliphatic rings. The number of hydrogen-bond donors (Lipinski definition) is 0. The van der Waals surface area contributed by atoms with E-state index >= 15 is 0 Å². The van der Waals surface area contributed by atoms with Gasteiger partial charge >= 0.3 is 0 Å². The molecule has 0 saturated heterocycles. The molecule has 0 radical (unpaired) electrons. The van der Waals surface area contributed by atoms with Gasteiger partial charge in [0.15, 0.2) is 0 Å². The van der Waals surface area contributed by atoms with Crippen molar-refractivity contribution in [1.82, 2.24) is 0 Å². The van der Waals surface area contributed by atoms with E-state index in [0.29, 0.717) is 0 Å². The Morgan fingerprint density at radius 2 is 1.75 bits per heavy atom. The lowest BCUT2D eigenvalue weighted by Gasteiger charge is -2.19. The molecule has 0 aliphatic heterocycles. The molecule has 0 N–H and O–H groups in total. The van der Waals surface area contributed by atoms with E-state index < -0.39 is 0 Å². The molecule has 0 aromatic rings. The fourth-order valence-corrected chi connectivity index (χ4v) is 0.749. The summed E-state index contributed by atoms with van der Waals surface area (Å²) < 4.78 is 10.5. The first-order chi connectivity index (χ1) is 5.56. The Kier molecular flexibility index (Phi) is 5.81. The summed E-state index contributed by atoms with van der Waals surface area (Å²) in [6.07, 6.45) is 3.55. The SMILES string of the molecule is C=COCCCCOC(C)(C)C. The zero-order valence-electron chi connectivity index (χ0n) is 8.43. The van der Waals surface area contributed by atoms with E-state index in [1.54, 1.807) is 0 Å². The van der Waals surface area contributed by atoms with Crippen LogP contribution in [0.2, 0.25) is 0 Å². The Labute approximate surface area is 75.6 Å². The molecule has 0 aromatic carbocycles. The lowest BCUT2D eigenvalue weighted by atomic mass is 10.2. The Morgan fingerprint density at radius 1 is 1.17 bits per heavy atom.